The minimum Gasteiger partial charge on any atom is -0.482 e. The highest BCUT2D eigenvalue weighted by atomic mass is 16.5. The molecular formula is C61H46N2O. The maximum Gasteiger partial charge on any atom is 0.160 e. The van der Waals surface area contributed by atoms with Crippen molar-refractivity contribution >= 4 is 5.57 Å². The molecule has 3 nitrogen and oxygen atoms in total. The second-order valence-corrected chi connectivity index (χ2v) is 17.9. The average Bonchev–Trinajstić information content (AvgIpc) is 3.65. The maximum atomic E-state index is 7.11. The summed E-state index contributed by atoms with van der Waals surface area (Å²) in [6, 6.07) is 65.3. The van der Waals surface area contributed by atoms with Crippen LogP contribution in [0.4, 0.5) is 0 Å². The van der Waals surface area contributed by atoms with Gasteiger partial charge in [-0.15, -0.1) is 0 Å². The summed E-state index contributed by atoms with van der Waals surface area (Å²) >= 11 is 0. The first-order valence-electron chi connectivity index (χ1n) is 22.5. The summed E-state index contributed by atoms with van der Waals surface area (Å²) in [4.78, 5) is 10.3. The third kappa shape index (κ3) is 6.10. The number of hydrogen-bond donors (Lipinski definition) is 0. The number of rotatable bonds is 6. The quantitative estimate of drug-likeness (QED) is 0.168. The fraction of sp³-hybridized carbons (Fsp3) is 0.115. The molecule has 0 amide bonds. The topological polar surface area (TPSA) is 35.0 Å². The Morgan fingerprint density at radius 2 is 1.09 bits per heavy atom. The highest BCUT2D eigenvalue weighted by molar-refractivity contribution is 5.93. The number of ether oxygens (including phenoxy) is 1. The van der Waals surface area contributed by atoms with Gasteiger partial charge in [0.25, 0.3) is 0 Å². The Morgan fingerprint density at radius 1 is 0.516 bits per heavy atom. The van der Waals surface area contributed by atoms with Gasteiger partial charge in [-0.3, -0.25) is 0 Å². The molecule has 1 spiro atoms. The molecule has 0 fully saturated rings. The summed E-state index contributed by atoms with van der Waals surface area (Å²) in [7, 11) is 0. The molecule has 2 heterocycles. The van der Waals surface area contributed by atoms with Gasteiger partial charge in [0.05, 0.1) is 16.8 Å². The van der Waals surface area contributed by atoms with E-state index in [1.807, 2.05) is 24.3 Å². The Balaban J connectivity index is 0.950. The maximum absolute atomic E-state index is 7.11. The molecule has 3 heteroatoms. The Bertz CT molecular complexity index is 3270. The van der Waals surface area contributed by atoms with Gasteiger partial charge in [-0.05, 0) is 111 Å². The van der Waals surface area contributed by atoms with Crippen LogP contribution in [0.5, 0.6) is 5.75 Å². The number of allylic oxidation sites excluding steroid dienone is 6. The Hall–Kier alpha value is -7.62. The molecule has 1 aliphatic heterocycles. The van der Waals surface area contributed by atoms with E-state index in [9.17, 15) is 0 Å². The molecular weight excluding hydrogens is 777 g/mol. The Kier molecular flexibility index (Phi) is 8.95. The van der Waals surface area contributed by atoms with E-state index in [2.05, 4.69) is 202 Å². The zero-order chi connectivity index (χ0) is 42.8. The highest BCUT2D eigenvalue weighted by Gasteiger charge is 2.59. The zero-order valence-electron chi connectivity index (χ0n) is 36.0. The molecule has 1 aromatic heterocycles. The van der Waals surface area contributed by atoms with Crippen molar-refractivity contribution in [1.29, 1.82) is 0 Å². The van der Waals surface area contributed by atoms with Gasteiger partial charge in [-0.25, -0.2) is 9.97 Å². The lowest BCUT2D eigenvalue weighted by Gasteiger charge is -2.52. The van der Waals surface area contributed by atoms with Gasteiger partial charge in [0.15, 0.2) is 5.82 Å². The zero-order valence-corrected chi connectivity index (χ0v) is 36.0. The second-order valence-electron chi connectivity index (χ2n) is 17.9. The Labute approximate surface area is 375 Å². The molecule has 0 saturated carbocycles. The van der Waals surface area contributed by atoms with E-state index in [0.717, 1.165) is 57.8 Å². The Morgan fingerprint density at radius 3 is 1.84 bits per heavy atom. The molecule has 3 atom stereocenters. The third-order valence-electron chi connectivity index (χ3n) is 13.9. The summed E-state index contributed by atoms with van der Waals surface area (Å²) in [5, 5.41) is 0. The number of aromatic nitrogens is 2. The van der Waals surface area contributed by atoms with Gasteiger partial charge < -0.3 is 4.74 Å². The normalized spacial score (nSPS) is 20.2. The summed E-state index contributed by atoms with van der Waals surface area (Å²) in [6.07, 6.45) is 13.5. The third-order valence-corrected chi connectivity index (χ3v) is 13.9. The molecule has 12 rings (SSSR count). The van der Waals surface area contributed by atoms with Crippen molar-refractivity contribution in [3.05, 3.63) is 240 Å². The van der Waals surface area contributed by atoms with Crippen LogP contribution >= 0.6 is 0 Å². The first-order chi connectivity index (χ1) is 31.5. The molecule has 0 saturated heterocycles. The SMILES string of the molecule is CC1CC=CC2=C1C1(C3=CC=CCC3(C)Oc3ccc(-c4cccc(-c5cccc(-c6cc(-c7ccc(-c8ccccc8)cc7)nc(-c7ccccc7)n6)c5)c4)cc31)c1ccccc12. The van der Waals surface area contributed by atoms with Gasteiger partial charge in [0.2, 0.25) is 0 Å². The van der Waals surface area contributed by atoms with E-state index in [-0.39, 0.29) is 0 Å². The molecule has 8 aromatic rings. The molecule has 0 N–H and O–H groups in total. The predicted octanol–water partition coefficient (Wildman–Crippen LogP) is 15.2. The van der Waals surface area contributed by atoms with Crippen LogP contribution in [0.2, 0.25) is 0 Å². The van der Waals surface area contributed by atoms with Crippen molar-refractivity contribution in [1.82, 2.24) is 9.97 Å². The summed E-state index contributed by atoms with van der Waals surface area (Å²) in [5.74, 6) is 2.05. The largest absolute Gasteiger partial charge is 0.482 e. The number of fused-ring (bicyclic) bond motifs is 8. The fourth-order valence-electron chi connectivity index (χ4n) is 10.9. The first kappa shape index (κ1) is 38.1. The van der Waals surface area contributed by atoms with Crippen LogP contribution in [0.1, 0.15) is 43.4 Å². The number of hydrogen-bond acceptors (Lipinski definition) is 3. The van der Waals surface area contributed by atoms with Gasteiger partial charge >= 0.3 is 0 Å². The van der Waals surface area contributed by atoms with Gasteiger partial charge in [-0.1, -0.05) is 189 Å². The molecule has 306 valence electrons. The fourth-order valence-corrected chi connectivity index (χ4v) is 10.9. The minimum absolute atomic E-state index is 0.378. The summed E-state index contributed by atoms with van der Waals surface area (Å²) in [5.41, 5.74) is 19.1. The molecule has 3 aliphatic carbocycles. The number of benzene rings is 7. The summed E-state index contributed by atoms with van der Waals surface area (Å²) < 4.78 is 7.11. The lowest BCUT2D eigenvalue weighted by molar-refractivity contribution is 0.100. The van der Waals surface area contributed by atoms with Crippen LogP contribution in [-0.2, 0) is 5.41 Å². The molecule has 64 heavy (non-hydrogen) atoms. The number of nitrogens with zero attached hydrogens (tertiary/aromatic N) is 2. The smallest absolute Gasteiger partial charge is 0.160 e. The molecule has 0 radical (unpaired) electrons. The van der Waals surface area contributed by atoms with Gasteiger partial charge in [0.1, 0.15) is 11.4 Å². The minimum atomic E-state index is -0.454. The molecule has 0 bridgehead atoms. The van der Waals surface area contributed by atoms with E-state index in [1.54, 1.807) is 0 Å². The van der Waals surface area contributed by atoms with Crippen molar-refractivity contribution in [3.8, 4) is 73.0 Å². The van der Waals surface area contributed by atoms with Crippen LogP contribution < -0.4 is 4.74 Å². The average molecular weight is 823 g/mol. The van der Waals surface area contributed by atoms with Crippen molar-refractivity contribution in [3.63, 3.8) is 0 Å². The van der Waals surface area contributed by atoms with Crippen LogP contribution in [-0.4, -0.2) is 15.6 Å². The van der Waals surface area contributed by atoms with E-state index < -0.39 is 11.0 Å². The van der Waals surface area contributed by atoms with Crippen LogP contribution in [0.3, 0.4) is 0 Å². The van der Waals surface area contributed by atoms with Crippen molar-refractivity contribution < 1.29 is 4.74 Å². The van der Waals surface area contributed by atoms with Crippen LogP contribution in [0.25, 0.3) is 72.9 Å². The second kappa shape index (κ2) is 15.0. The standard InChI is InChI=1S/C61H46N2O/c1-40-16-13-26-51-50-25-9-10-27-52(50)61(58(40)51)53-38-48(33-34-56(53)64-60(2)35-12-11-28-57(60)61)46-22-14-21-45(36-46)47-23-15-24-49(37-47)55-39-54(62-59(63-55)44-19-7-4-8-20-44)43-31-29-42(30-32-43)41-17-5-3-6-18-41/h3-15,17-34,36-40H,16,35H2,1-2H3. The lowest BCUT2D eigenvalue weighted by atomic mass is 9.56. The van der Waals surface area contributed by atoms with Crippen molar-refractivity contribution in [2.24, 2.45) is 5.92 Å². The molecule has 7 aromatic carbocycles. The monoisotopic (exact) mass is 822 g/mol. The van der Waals surface area contributed by atoms with E-state index in [4.69, 9.17) is 14.7 Å². The van der Waals surface area contributed by atoms with Gasteiger partial charge in [0, 0.05) is 28.7 Å². The lowest BCUT2D eigenvalue weighted by Crippen LogP contribution is -2.51. The van der Waals surface area contributed by atoms with Crippen LogP contribution in [0.15, 0.2) is 224 Å². The molecule has 4 aliphatic rings. The predicted molar refractivity (Wildman–Crippen MR) is 263 cm³/mol. The summed E-state index contributed by atoms with van der Waals surface area (Å²) in [6.45, 7) is 4.70. The first-order valence-corrected chi connectivity index (χ1v) is 22.5. The van der Waals surface area contributed by atoms with E-state index >= 15 is 0 Å². The van der Waals surface area contributed by atoms with Crippen molar-refractivity contribution in [2.75, 3.05) is 0 Å². The molecule has 3 unspecified atom stereocenters. The van der Waals surface area contributed by atoms with E-state index in [0.29, 0.717) is 11.7 Å². The van der Waals surface area contributed by atoms with Gasteiger partial charge in [-0.2, -0.15) is 0 Å². The van der Waals surface area contributed by atoms with Crippen molar-refractivity contribution in [2.45, 2.75) is 37.7 Å². The highest BCUT2D eigenvalue weighted by Crippen LogP contribution is 2.65. The van der Waals surface area contributed by atoms with E-state index in [1.165, 1.54) is 55.7 Å². The van der Waals surface area contributed by atoms with Crippen LogP contribution in [0, 0.1) is 5.92 Å².